The Kier molecular flexibility index (Phi) is 6.08. The zero-order valence-electron chi connectivity index (χ0n) is 20.6. The van der Waals surface area contributed by atoms with Crippen LogP contribution in [0.25, 0.3) is 5.69 Å². The third kappa shape index (κ3) is 4.16. The molecule has 190 valence electrons. The number of sulfone groups is 1. The molecule has 1 amide bonds. The van der Waals surface area contributed by atoms with Crippen LogP contribution in [0.5, 0.6) is 11.5 Å². The van der Waals surface area contributed by atoms with Gasteiger partial charge in [0.25, 0.3) is 5.91 Å². The van der Waals surface area contributed by atoms with Crippen molar-refractivity contribution in [2.24, 2.45) is 0 Å². The van der Waals surface area contributed by atoms with Crippen molar-refractivity contribution in [3.8, 4) is 17.2 Å². The van der Waals surface area contributed by atoms with Crippen LogP contribution in [-0.4, -0.2) is 54.3 Å². The first-order chi connectivity index (χ1) is 17.1. The molecule has 0 bridgehead atoms. The van der Waals surface area contributed by atoms with Crippen LogP contribution in [0.15, 0.2) is 59.6 Å². The molecule has 0 radical (unpaired) electrons. The van der Waals surface area contributed by atoms with Crippen molar-refractivity contribution in [1.82, 2.24) is 9.47 Å². The van der Waals surface area contributed by atoms with Gasteiger partial charge in [0.15, 0.2) is 15.4 Å². The number of piperidine rings is 1. The van der Waals surface area contributed by atoms with Gasteiger partial charge in [0.05, 0.1) is 24.1 Å². The average molecular weight is 511 g/mol. The molecule has 1 fully saturated rings. The molecule has 0 unspecified atom stereocenters. The van der Waals surface area contributed by atoms with Crippen LogP contribution in [0, 0.1) is 0 Å². The van der Waals surface area contributed by atoms with Gasteiger partial charge in [-0.3, -0.25) is 9.36 Å². The van der Waals surface area contributed by atoms with Gasteiger partial charge in [-0.25, -0.2) is 8.42 Å². The fraction of sp³-hybridized carbons (Fsp3) is 0.370. The summed E-state index contributed by atoms with van der Waals surface area (Å²) in [6.07, 6.45) is 2.20. The standard InChI is InChI=1S/C27H30N2O6S/c1-18(2)34-22-9-8-19(16-20(22)17-30)26(31)28-14-12-27(13-15-28)24-10-11-25(36(3,32)33)29(24)21-6-4-5-7-23(21)35-27/h4-11,16,18,30H,12-15,17H2,1-3H3. The maximum absolute atomic E-state index is 13.3. The lowest BCUT2D eigenvalue weighted by atomic mass is 9.86. The van der Waals surface area contributed by atoms with Gasteiger partial charge in [0.1, 0.15) is 16.5 Å². The van der Waals surface area contributed by atoms with E-state index in [1.165, 1.54) is 6.26 Å². The number of aromatic nitrogens is 1. The Balaban J connectivity index is 1.42. The minimum absolute atomic E-state index is 0.0436. The highest BCUT2D eigenvalue weighted by Gasteiger charge is 2.46. The number of para-hydroxylation sites is 2. The van der Waals surface area contributed by atoms with Gasteiger partial charge in [-0.05, 0) is 56.3 Å². The Morgan fingerprint density at radius 2 is 1.83 bits per heavy atom. The molecule has 3 aromatic rings. The van der Waals surface area contributed by atoms with Crippen molar-refractivity contribution in [2.75, 3.05) is 19.3 Å². The number of aliphatic hydroxyl groups is 1. The predicted octanol–water partition coefficient (Wildman–Crippen LogP) is 3.68. The molecular weight excluding hydrogens is 480 g/mol. The quantitative estimate of drug-likeness (QED) is 0.562. The first kappa shape index (κ1) is 24.4. The SMILES string of the molecule is CC(C)Oc1ccc(C(=O)N2CCC3(CC2)Oc2ccccc2-n2c3ccc2S(C)(=O)=O)cc1CO. The summed E-state index contributed by atoms with van der Waals surface area (Å²) in [7, 11) is -3.46. The summed E-state index contributed by atoms with van der Waals surface area (Å²) in [5.74, 6) is 1.07. The molecule has 1 spiro atoms. The molecule has 8 nitrogen and oxygen atoms in total. The number of nitrogens with zero attached hydrogens (tertiary/aromatic N) is 2. The number of rotatable bonds is 5. The summed E-state index contributed by atoms with van der Waals surface area (Å²) < 4.78 is 39.1. The zero-order valence-corrected chi connectivity index (χ0v) is 21.4. The van der Waals surface area contributed by atoms with E-state index in [2.05, 4.69) is 0 Å². The number of carbonyl (C=O) groups is 1. The number of benzene rings is 2. The van der Waals surface area contributed by atoms with Crippen molar-refractivity contribution < 1.29 is 27.8 Å². The van der Waals surface area contributed by atoms with Crippen LogP contribution < -0.4 is 9.47 Å². The van der Waals surface area contributed by atoms with E-state index < -0.39 is 15.4 Å². The minimum atomic E-state index is -3.46. The second kappa shape index (κ2) is 8.97. The highest BCUT2D eigenvalue weighted by molar-refractivity contribution is 7.90. The average Bonchev–Trinajstić information content (AvgIpc) is 3.32. The third-order valence-corrected chi connectivity index (χ3v) is 7.88. The Labute approximate surface area is 211 Å². The van der Waals surface area contributed by atoms with Crippen LogP contribution in [0.1, 0.15) is 48.3 Å². The van der Waals surface area contributed by atoms with Crippen molar-refractivity contribution in [2.45, 2.75) is 50.0 Å². The van der Waals surface area contributed by atoms with E-state index >= 15 is 0 Å². The number of fused-ring (bicyclic) bond motifs is 4. The first-order valence-electron chi connectivity index (χ1n) is 12.0. The van der Waals surface area contributed by atoms with E-state index in [0.717, 1.165) is 5.69 Å². The maximum Gasteiger partial charge on any atom is 0.253 e. The predicted molar refractivity (Wildman–Crippen MR) is 134 cm³/mol. The Hall–Kier alpha value is -3.30. The summed E-state index contributed by atoms with van der Waals surface area (Å²) in [6.45, 7) is 4.48. The summed E-state index contributed by atoms with van der Waals surface area (Å²) in [5, 5.41) is 10.0. The number of hydrogen-bond acceptors (Lipinski definition) is 6. The minimum Gasteiger partial charge on any atom is -0.491 e. The van der Waals surface area contributed by atoms with E-state index in [9.17, 15) is 18.3 Å². The Morgan fingerprint density at radius 1 is 1.11 bits per heavy atom. The fourth-order valence-electron chi connectivity index (χ4n) is 5.12. The van der Waals surface area contributed by atoms with Crippen LogP contribution in [0.2, 0.25) is 0 Å². The second-order valence-corrected chi connectivity index (χ2v) is 11.6. The Bertz CT molecular complexity index is 1420. The molecule has 2 aliphatic heterocycles. The number of hydrogen-bond donors (Lipinski definition) is 1. The molecule has 1 aromatic heterocycles. The number of carbonyl (C=O) groups excluding carboxylic acids is 1. The van der Waals surface area contributed by atoms with E-state index in [1.807, 2.05) is 44.2 Å². The lowest BCUT2D eigenvalue weighted by molar-refractivity contribution is -0.00994. The zero-order chi connectivity index (χ0) is 25.7. The monoisotopic (exact) mass is 510 g/mol. The van der Waals surface area contributed by atoms with Crippen molar-refractivity contribution in [3.63, 3.8) is 0 Å². The van der Waals surface area contributed by atoms with E-state index in [0.29, 0.717) is 54.2 Å². The number of amides is 1. The molecule has 0 saturated carbocycles. The fourth-order valence-corrected chi connectivity index (χ4v) is 5.96. The lowest BCUT2D eigenvalue weighted by Crippen LogP contribution is -2.50. The van der Waals surface area contributed by atoms with Crippen molar-refractivity contribution >= 4 is 15.7 Å². The van der Waals surface area contributed by atoms with Gasteiger partial charge in [-0.1, -0.05) is 12.1 Å². The number of ether oxygens (including phenoxy) is 2. The number of likely N-dealkylation sites (tertiary alicyclic amines) is 1. The molecule has 5 rings (SSSR count). The van der Waals surface area contributed by atoms with Gasteiger partial charge < -0.3 is 19.5 Å². The highest BCUT2D eigenvalue weighted by atomic mass is 32.2. The van der Waals surface area contributed by atoms with Crippen LogP contribution >= 0.6 is 0 Å². The summed E-state index contributed by atoms with van der Waals surface area (Å²) in [4.78, 5) is 15.1. The van der Waals surface area contributed by atoms with Gasteiger partial charge in [-0.15, -0.1) is 0 Å². The molecule has 1 saturated heterocycles. The maximum atomic E-state index is 13.3. The van der Waals surface area contributed by atoms with Gasteiger partial charge in [0.2, 0.25) is 0 Å². The molecular formula is C27H30N2O6S. The molecule has 2 aliphatic rings. The van der Waals surface area contributed by atoms with Crippen LogP contribution in [-0.2, 0) is 22.0 Å². The van der Waals surface area contributed by atoms with Gasteiger partial charge in [0, 0.05) is 43.3 Å². The molecule has 0 atom stereocenters. The van der Waals surface area contributed by atoms with Crippen LogP contribution in [0.4, 0.5) is 0 Å². The van der Waals surface area contributed by atoms with E-state index in [4.69, 9.17) is 9.47 Å². The van der Waals surface area contributed by atoms with E-state index in [1.54, 1.807) is 33.7 Å². The van der Waals surface area contributed by atoms with Gasteiger partial charge >= 0.3 is 0 Å². The van der Waals surface area contributed by atoms with Crippen molar-refractivity contribution in [3.05, 3.63) is 71.4 Å². The largest absolute Gasteiger partial charge is 0.491 e. The topological polar surface area (TPSA) is 98.1 Å². The van der Waals surface area contributed by atoms with E-state index in [-0.39, 0.29) is 23.6 Å². The number of aliphatic hydroxyl groups excluding tert-OH is 1. The van der Waals surface area contributed by atoms with Crippen LogP contribution in [0.3, 0.4) is 0 Å². The highest BCUT2D eigenvalue weighted by Crippen LogP contribution is 2.46. The second-order valence-electron chi connectivity index (χ2n) is 9.67. The molecule has 0 aliphatic carbocycles. The molecule has 3 heterocycles. The first-order valence-corrected chi connectivity index (χ1v) is 13.9. The Morgan fingerprint density at radius 3 is 2.50 bits per heavy atom. The lowest BCUT2D eigenvalue weighted by Gasteiger charge is -2.45. The van der Waals surface area contributed by atoms with Crippen molar-refractivity contribution in [1.29, 1.82) is 0 Å². The summed E-state index contributed by atoms with van der Waals surface area (Å²) in [5.41, 5.74) is 1.80. The molecule has 36 heavy (non-hydrogen) atoms. The summed E-state index contributed by atoms with van der Waals surface area (Å²) >= 11 is 0. The summed E-state index contributed by atoms with van der Waals surface area (Å²) in [6, 6.07) is 16.0. The smallest absolute Gasteiger partial charge is 0.253 e. The third-order valence-electron chi connectivity index (χ3n) is 6.80. The molecule has 2 aromatic carbocycles. The van der Waals surface area contributed by atoms with Gasteiger partial charge in [-0.2, -0.15) is 0 Å². The normalized spacial score (nSPS) is 16.4. The molecule has 1 N–H and O–H groups in total. The molecule has 9 heteroatoms.